The molecule has 120 valence electrons. The van der Waals surface area contributed by atoms with Crippen LogP contribution in [0.3, 0.4) is 0 Å². The zero-order valence-corrected chi connectivity index (χ0v) is 11.9. The lowest BCUT2D eigenvalue weighted by Crippen LogP contribution is -2.44. The summed E-state index contributed by atoms with van der Waals surface area (Å²) in [7, 11) is 0. The molecule has 1 aromatic carbocycles. The molecule has 1 atom stereocenters. The van der Waals surface area contributed by atoms with Gasteiger partial charge in [0.15, 0.2) is 11.6 Å². The van der Waals surface area contributed by atoms with Crippen molar-refractivity contribution >= 4 is 17.5 Å². The molecule has 6 nitrogen and oxygen atoms in total. The fourth-order valence-electron chi connectivity index (χ4n) is 2.73. The minimum Gasteiger partial charge on any atom is -0.441 e. The number of nitrogens with one attached hydrogen (secondary N) is 1. The minimum absolute atomic E-state index is 0.0706. The number of benzene rings is 1. The van der Waals surface area contributed by atoms with E-state index in [-0.39, 0.29) is 24.5 Å². The molecule has 1 amide bonds. The van der Waals surface area contributed by atoms with Crippen LogP contribution in [0.25, 0.3) is 0 Å². The maximum absolute atomic E-state index is 14.3. The average molecular weight is 313 g/mol. The maximum atomic E-state index is 14.3. The van der Waals surface area contributed by atoms with Crippen LogP contribution < -0.4 is 15.1 Å². The first kappa shape index (κ1) is 15.0. The van der Waals surface area contributed by atoms with Crippen molar-refractivity contribution in [3.8, 4) is 0 Å². The molecule has 1 aromatic rings. The third-order valence-electron chi connectivity index (χ3n) is 3.82. The van der Waals surface area contributed by atoms with Crippen LogP contribution in [0.5, 0.6) is 0 Å². The molecule has 2 N–H and O–H groups in total. The van der Waals surface area contributed by atoms with Gasteiger partial charge in [0.05, 0.1) is 18.8 Å². The number of halogens is 2. The van der Waals surface area contributed by atoms with Gasteiger partial charge < -0.3 is 20.1 Å². The number of amides is 1. The van der Waals surface area contributed by atoms with Crippen molar-refractivity contribution < 1.29 is 23.4 Å². The second-order valence-corrected chi connectivity index (χ2v) is 5.29. The Bertz CT molecular complexity index is 555. The molecule has 0 bridgehead atoms. The van der Waals surface area contributed by atoms with Gasteiger partial charge in [-0.2, -0.15) is 0 Å². The van der Waals surface area contributed by atoms with Crippen molar-refractivity contribution in [2.45, 2.75) is 6.10 Å². The van der Waals surface area contributed by atoms with Gasteiger partial charge in [-0.1, -0.05) is 0 Å². The topological polar surface area (TPSA) is 65.0 Å². The summed E-state index contributed by atoms with van der Waals surface area (Å²) < 4.78 is 33.5. The molecule has 1 unspecified atom stereocenters. The summed E-state index contributed by atoms with van der Waals surface area (Å²) in [5.41, 5.74) is 0.0198. The van der Waals surface area contributed by atoms with Gasteiger partial charge in [0, 0.05) is 38.3 Å². The third kappa shape index (κ3) is 2.71. The molecule has 2 fully saturated rings. The van der Waals surface area contributed by atoms with Gasteiger partial charge >= 0.3 is 6.09 Å². The van der Waals surface area contributed by atoms with Gasteiger partial charge in [-0.15, -0.1) is 0 Å². The number of hydrogen-bond acceptors (Lipinski definition) is 5. The highest BCUT2D eigenvalue weighted by molar-refractivity contribution is 5.90. The lowest BCUT2D eigenvalue weighted by molar-refractivity contribution is 0.0963. The van der Waals surface area contributed by atoms with Crippen LogP contribution in [0, 0.1) is 11.6 Å². The van der Waals surface area contributed by atoms with Crippen molar-refractivity contribution in [2.24, 2.45) is 0 Å². The summed E-state index contributed by atoms with van der Waals surface area (Å²) in [6.45, 7) is 2.11. The molecule has 8 heteroatoms. The largest absolute Gasteiger partial charge is 0.441 e. The molecular formula is C14H17F2N3O3. The van der Waals surface area contributed by atoms with Gasteiger partial charge in [-0.25, -0.2) is 13.6 Å². The van der Waals surface area contributed by atoms with Crippen LogP contribution in [0.1, 0.15) is 0 Å². The molecule has 0 spiro atoms. The maximum Gasteiger partial charge on any atom is 0.414 e. The van der Waals surface area contributed by atoms with E-state index in [1.807, 2.05) is 0 Å². The Morgan fingerprint density at radius 3 is 2.45 bits per heavy atom. The molecule has 2 aliphatic rings. The second-order valence-electron chi connectivity index (χ2n) is 5.29. The fraction of sp³-hybridized carbons (Fsp3) is 0.500. The number of carbonyl (C=O) groups is 1. The summed E-state index contributed by atoms with van der Waals surface area (Å²) in [5.74, 6) is -1.42. The van der Waals surface area contributed by atoms with E-state index >= 15 is 0 Å². The monoisotopic (exact) mass is 313 g/mol. The number of hydrogen-bond donors (Lipinski definition) is 2. The quantitative estimate of drug-likeness (QED) is 0.860. The van der Waals surface area contributed by atoms with Gasteiger partial charge in [0.1, 0.15) is 11.8 Å². The average Bonchev–Trinajstić information content (AvgIpc) is 2.89. The number of piperazine rings is 1. The van der Waals surface area contributed by atoms with E-state index < -0.39 is 23.8 Å². The van der Waals surface area contributed by atoms with Crippen molar-refractivity contribution in [3.05, 3.63) is 23.8 Å². The molecule has 0 saturated carbocycles. The zero-order chi connectivity index (χ0) is 15.7. The fourth-order valence-corrected chi connectivity index (χ4v) is 2.73. The van der Waals surface area contributed by atoms with Crippen molar-refractivity contribution in [1.82, 2.24) is 5.32 Å². The lowest BCUT2D eigenvalue weighted by atomic mass is 10.2. The molecule has 0 radical (unpaired) electrons. The molecule has 3 rings (SSSR count). The highest BCUT2D eigenvalue weighted by atomic mass is 19.1. The van der Waals surface area contributed by atoms with Crippen molar-refractivity contribution in [2.75, 3.05) is 49.1 Å². The molecule has 0 aromatic heterocycles. The SMILES string of the molecule is O=C1OC(CO)CN1c1cc(F)c(N2CCNCC2)c(F)c1. The van der Waals surface area contributed by atoms with Crippen LogP contribution in [0.4, 0.5) is 25.0 Å². The highest BCUT2D eigenvalue weighted by Gasteiger charge is 2.33. The standard InChI is InChI=1S/C14H17F2N3O3/c15-11-5-9(19-7-10(8-20)22-14(19)21)6-12(16)13(11)18-3-1-17-2-4-18/h5-6,10,17,20H,1-4,7-8H2. The first-order valence-corrected chi connectivity index (χ1v) is 7.14. The normalized spacial score (nSPS) is 22.1. The molecule has 2 heterocycles. The van der Waals surface area contributed by atoms with Crippen LogP contribution in [-0.2, 0) is 4.74 Å². The van der Waals surface area contributed by atoms with Gasteiger partial charge in [-0.05, 0) is 0 Å². The van der Waals surface area contributed by atoms with Crippen LogP contribution in [0.15, 0.2) is 12.1 Å². The van der Waals surface area contributed by atoms with Gasteiger partial charge in [0.25, 0.3) is 0 Å². The number of cyclic esters (lactones) is 1. The Morgan fingerprint density at radius 2 is 1.91 bits per heavy atom. The highest BCUT2D eigenvalue weighted by Crippen LogP contribution is 2.31. The van der Waals surface area contributed by atoms with Crippen molar-refractivity contribution in [3.63, 3.8) is 0 Å². The Labute approximate surface area is 126 Å². The number of aliphatic hydroxyl groups excluding tert-OH is 1. The Morgan fingerprint density at radius 1 is 1.27 bits per heavy atom. The first-order valence-electron chi connectivity index (χ1n) is 7.14. The van der Waals surface area contributed by atoms with Gasteiger partial charge in [0.2, 0.25) is 0 Å². The number of rotatable bonds is 3. The molecule has 2 aliphatic heterocycles. The summed E-state index contributed by atoms with van der Waals surface area (Å²) in [6.07, 6.45) is -1.39. The molecule has 0 aliphatic carbocycles. The summed E-state index contributed by atoms with van der Waals surface area (Å²) in [5, 5.41) is 12.1. The van der Waals surface area contributed by atoms with Crippen molar-refractivity contribution in [1.29, 1.82) is 0 Å². The van der Waals surface area contributed by atoms with Gasteiger partial charge in [-0.3, -0.25) is 4.90 Å². The van der Waals surface area contributed by atoms with E-state index in [0.717, 1.165) is 17.0 Å². The summed E-state index contributed by atoms with van der Waals surface area (Å²) in [6, 6.07) is 2.25. The predicted molar refractivity (Wildman–Crippen MR) is 76.1 cm³/mol. The first-order chi connectivity index (χ1) is 10.6. The number of anilines is 2. The Hall–Kier alpha value is -1.93. The smallest absolute Gasteiger partial charge is 0.414 e. The van der Waals surface area contributed by atoms with Crippen LogP contribution >= 0.6 is 0 Å². The lowest BCUT2D eigenvalue weighted by Gasteiger charge is -2.30. The Balaban J connectivity index is 1.87. The van der Waals surface area contributed by atoms with E-state index in [9.17, 15) is 13.6 Å². The van der Waals surface area contributed by atoms with E-state index in [0.29, 0.717) is 26.2 Å². The van der Waals surface area contributed by atoms with E-state index in [1.54, 1.807) is 4.90 Å². The van der Waals surface area contributed by atoms with Crippen LogP contribution in [-0.4, -0.2) is 56.6 Å². The van der Waals surface area contributed by atoms with E-state index in [2.05, 4.69) is 5.32 Å². The predicted octanol–water partition coefficient (Wildman–Crippen LogP) is 0.692. The number of aliphatic hydroxyl groups is 1. The molecular weight excluding hydrogens is 296 g/mol. The number of carbonyl (C=O) groups excluding carboxylic acids is 1. The zero-order valence-electron chi connectivity index (χ0n) is 11.9. The second kappa shape index (κ2) is 6.05. The number of ether oxygens (including phenoxy) is 1. The summed E-state index contributed by atoms with van der Waals surface area (Å²) in [4.78, 5) is 14.4. The summed E-state index contributed by atoms with van der Waals surface area (Å²) >= 11 is 0. The van der Waals surface area contributed by atoms with E-state index in [4.69, 9.17) is 9.84 Å². The van der Waals surface area contributed by atoms with E-state index in [1.165, 1.54) is 0 Å². The van der Waals surface area contributed by atoms with Crippen LogP contribution in [0.2, 0.25) is 0 Å². The Kier molecular flexibility index (Phi) is 4.12. The molecule has 2 saturated heterocycles. The number of nitrogens with zero attached hydrogens (tertiary/aromatic N) is 2. The third-order valence-corrected chi connectivity index (χ3v) is 3.82. The molecule has 22 heavy (non-hydrogen) atoms. The minimum atomic E-state index is -0.715.